The number of aromatic nitrogens is 1. The van der Waals surface area contributed by atoms with E-state index in [0.29, 0.717) is 17.5 Å². The summed E-state index contributed by atoms with van der Waals surface area (Å²) >= 11 is 1.45. The quantitative estimate of drug-likeness (QED) is 0.863. The van der Waals surface area contributed by atoms with Crippen LogP contribution in [0, 0.1) is 19.7 Å². The molecule has 1 aromatic heterocycles. The van der Waals surface area contributed by atoms with Crippen molar-refractivity contribution >= 4 is 11.8 Å². The number of nitrogens with two attached hydrogens (primary N) is 1. The van der Waals surface area contributed by atoms with Gasteiger partial charge in [0.1, 0.15) is 11.6 Å². The third-order valence-corrected chi connectivity index (χ3v) is 3.52. The first-order chi connectivity index (χ1) is 8.58. The van der Waals surface area contributed by atoms with E-state index in [4.69, 9.17) is 10.2 Å². The molecule has 0 unspecified atom stereocenters. The summed E-state index contributed by atoms with van der Waals surface area (Å²) in [6, 6.07) is 4.86. The van der Waals surface area contributed by atoms with Gasteiger partial charge in [-0.15, -0.1) is 0 Å². The molecule has 2 N–H and O–H groups in total. The van der Waals surface area contributed by atoms with Crippen molar-refractivity contribution in [2.24, 2.45) is 5.73 Å². The number of hydrogen-bond acceptors (Lipinski definition) is 4. The van der Waals surface area contributed by atoms with Gasteiger partial charge in [-0.2, -0.15) is 0 Å². The fourth-order valence-electron chi connectivity index (χ4n) is 1.57. The first kappa shape index (κ1) is 13.1. The van der Waals surface area contributed by atoms with Crippen molar-refractivity contribution in [3.05, 3.63) is 46.6 Å². The maximum atomic E-state index is 13.3. The lowest BCUT2D eigenvalue weighted by Gasteiger charge is -2.03. The second-order valence-electron chi connectivity index (χ2n) is 4.08. The average Bonchev–Trinajstić information content (AvgIpc) is 2.65. The molecule has 0 bridgehead atoms. The zero-order valence-electron chi connectivity index (χ0n) is 10.4. The van der Waals surface area contributed by atoms with Crippen LogP contribution in [0.2, 0.25) is 0 Å². The van der Waals surface area contributed by atoms with E-state index in [1.165, 1.54) is 23.9 Å². The molecule has 1 heterocycles. The molecule has 0 aliphatic carbocycles. The van der Waals surface area contributed by atoms with Crippen LogP contribution in [0.25, 0.3) is 0 Å². The average molecular weight is 266 g/mol. The van der Waals surface area contributed by atoms with Crippen LogP contribution < -0.4 is 5.73 Å². The molecule has 2 aromatic rings. The first-order valence-electron chi connectivity index (χ1n) is 5.63. The van der Waals surface area contributed by atoms with E-state index in [0.717, 1.165) is 22.6 Å². The fraction of sp³-hybridized carbons (Fsp3) is 0.308. The molecule has 96 valence electrons. The Morgan fingerprint density at radius 3 is 2.61 bits per heavy atom. The van der Waals surface area contributed by atoms with Crippen molar-refractivity contribution < 1.29 is 8.81 Å². The van der Waals surface area contributed by atoms with Crippen LogP contribution >= 0.6 is 11.8 Å². The summed E-state index contributed by atoms with van der Waals surface area (Å²) in [7, 11) is 0. The van der Waals surface area contributed by atoms with Crippen LogP contribution in [0.5, 0.6) is 0 Å². The Morgan fingerprint density at radius 2 is 2.00 bits per heavy atom. The Balaban J connectivity index is 2.07. The van der Waals surface area contributed by atoms with E-state index in [-0.39, 0.29) is 5.82 Å². The van der Waals surface area contributed by atoms with E-state index in [2.05, 4.69) is 4.98 Å². The summed E-state index contributed by atoms with van der Waals surface area (Å²) in [6.45, 7) is 4.12. The number of rotatable bonds is 4. The molecule has 2 rings (SSSR count). The minimum atomic E-state index is -0.256. The molecule has 0 amide bonds. The highest BCUT2D eigenvalue weighted by atomic mass is 32.2. The number of oxazole rings is 1. The van der Waals surface area contributed by atoms with Gasteiger partial charge >= 0.3 is 0 Å². The predicted molar refractivity (Wildman–Crippen MR) is 69.8 cm³/mol. The van der Waals surface area contributed by atoms with Crippen molar-refractivity contribution in [1.82, 2.24) is 4.98 Å². The van der Waals surface area contributed by atoms with Gasteiger partial charge in [0, 0.05) is 12.3 Å². The Hall–Kier alpha value is -1.33. The monoisotopic (exact) mass is 266 g/mol. The van der Waals surface area contributed by atoms with E-state index in [1.807, 2.05) is 19.9 Å². The van der Waals surface area contributed by atoms with Crippen LogP contribution in [-0.2, 0) is 12.3 Å². The highest BCUT2D eigenvalue weighted by Crippen LogP contribution is 2.24. The molecule has 0 aliphatic rings. The number of nitrogens with zero attached hydrogens (tertiary/aromatic N) is 1. The zero-order chi connectivity index (χ0) is 13.1. The smallest absolute Gasteiger partial charge is 0.256 e. The van der Waals surface area contributed by atoms with Gasteiger partial charge in [-0.25, -0.2) is 9.37 Å². The maximum absolute atomic E-state index is 13.3. The number of halogens is 1. The van der Waals surface area contributed by atoms with Crippen LogP contribution in [-0.4, -0.2) is 4.98 Å². The molecule has 0 fully saturated rings. The molecule has 1 aromatic carbocycles. The lowest BCUT2D eigenvalue weighted by Crippen LogP contribution is -1.98. The van der Waals surface area contributed by atoms with Crippen molar-refractivity contribution in [2.75, 3.05) is 0 Å². The van der Waals surface area contributed by atoms with Crippen molar-refractivity contribution in [2.45, 2.75) is 31.4 Å². The molecule has 0 saturated carbocycles. The standard InChI is InChI=1S/C13H15FN2OS/c1-8-9(2)17-13(16-8)18-7-11-3-10(6-15)4-12(14)5-11/h3-5H,6-7,15H2,1-2H3. The van der Waals surface area contributed by atoms with Crippen molar-refractivity contribution in [3.63, 3.8) is 0 Å². The third-order valence-electron chi connectivity index (χ3n) is 2.62. The van der Waals surface area contributed by atoms with E-state index < -0.39 is 0 Å². The summed E-state index contributed by atoms with van der Waals surface area (Å²) in [4.78, 5) is 4.27. The summed E-state index contributed by atoms with van der Waals surface area (Å²) in [5, 5.41) is 0.614. The van der Waals surface area contributed by atoms with Crippen LogP contribution in [0.3, 0.4) is 0 Å². The summed E-state index contributed by atoms with van der Waals surface area (Å²) in [5.41, 5.74) is 8.08. The Bertz CT molecular complexity index is 534. The van der Waals surface area contributed by atoms with Gasteiger partial charge in [0.05, 0.1) is 5.69 Å². The largest absolute Gasteiger partial charge is 0.437 e. The molecule has 5 heteroatoms. The third kappa shape index (κ3) is 3.11. The predicted octanol–water partition coefficient (Wildman–Crippen LogP) is 3.18. The van der Waals surface area contributed by atoms with Crippen molar-refractivity contribution in [1.29, 1.82) is 0 Å². The molecular weight excluding hydrogens is 251 g/mol. The van der Waals surface area contributed by atoms with Crippen LogP contribution in [0.4, 0.5) is 4.39 Å². The molecule has 18 heavy (non-hydrogen) atoms. The molecule has 0 aliphatic heterocycles. The minimum absolute atomic E-state index is 0.256. The highest BCUT2D eigenvalue weighted by molar-refractivity contribution is 7.98. The molecule has 3 nitrogen and oxygen atoms in total. The summed E-state index contributed by atoms with van der Waals surface area (Å²) < 4.78 is 18.8. The normalized spacial score (nSPS) is 10.9. The van der Waals surface area contributed by atoms with Gasteiger partial charge < -0.3 is 10.2 Å². The van der Waals surface area contributed by atoms with Gasteiger partial charge in [0.2, 0.25) is 0 Å². The van der Waals surface area contributed by atoms with Crippen molar-refractivity contribution in [3.8, 4) is 0 Å². The second kappa shape index (κ2) is 5.54. The number of aryl methyl sites for hydroxylation is 2. The molecule has 0 saturated heterocycles. The summed E-state index contributed by atoms with van der Waals surface area (Å²) in [6.07, 6.45) is 0. The molecule has 0 atom stereocenters. The van der Waals surface area contributed by atoms with E-state index in [9.17, 15) is 4.39 Å². The van der Waals surface area contributed by atoms with Gasteiger partial charge in [-0.3, -0.25) is 0 Å². The highest BCUT2D eigenvalue weighted by Gasteiger charge is 2.07. The molecular formula is C13H15FN2OS. The fourth-order valence-corrected chi connectivity index (χ4v) is 2.41. The number of hydrogen-bond donors (Lipinski definition) is 1. The van der Waals surface area contributed by atoms with Gasteiger partial charge in [0.15, 0.2) is 0 Å². The minimum Gasteiger partial charge on any atom is -0.437 e. The van der Waals surface area contributed by atoms with Gasteiger partial charge in [0.25, 0.3) is 5.22 Å². The first-order valence-corrected chi connectivity index (χ1v) is 6.62. The number of benzene rings is 1. The maximum Gasteiger partial charge on any atom is 0.256 e. The zero-order valence-corrected chi connectivity index (χ0v) is 11.2. The number of thioether (sulfide) groups is 1. The van der Waals surface area contributed by atoms with Crippen LogP contribution in [0.15, 0.2) is 27.8 Å². The van der Waals surface area contributed by atoms with E-state index in [1.54, 1.807) is 0 Å². The van der Waals surface area contributed by atoms with Crippen LogP contribution in [0.1, 0.15) is 22.6 Å². The molecule has 0 spiro atoms. The Morgan fingerprint density at radius 1 is 1.28 bits per heavy atom. The molecule has 0 radical (unpaired) electrons. The Kier molecular flexibility index (Phi) is 4.04. The summed E-state index contributed by atoms with van der Waals surface area (Å²) in [5.74, 6) is 1.18. The Labute approximate surface area is 110 Å². The second-order valence-corrected chi connectivity index (χ2v) is 5.01. The van der Waals surface area contributed by atoms with E-state index >= 15 is 0 Å². The lowest BCUT2D eigenvalue weighted by molar-refractivity contribution is 0.431. The van der Waals surface area contributed by atoms with Gasteiger partial charge in [-0.1, -0.05) is 17.8 Å². The SMILES string of the molecule is Cc1nc(SCc2cc(F)cc(CN)c2)oc1C. The van der Waals surface area contributed by atoms with Gasteiger partial charge in [-0.05, 0) is 37.1 Å². The topological polar surface area (TPSA) is 52.0 Å². The lowest BCUT2D eigenvalue weighted by atomic mass is 10.1.